The van der Waals surface area contributed by atoms with E-state index in [9.17, 15) is 15.3 Å². The van der Waals surface area contributed by atoms with Crippen molar-refractivity contribution < 1.29 is 24.8 Å². The van der Waals surface area contributed by atoms with Gasteiger partial charge in [-0.3, -0.25) is 0 Å². The van der Waals surface area contributed by atoms with Crippen molar-refractivity contribution in [3.05, 3.63) is 76.0 Å². The number of benzene rings is 2. The molecule has 2 aromatic carbocycles. The summed E-state index contributed by atoms with van der Waals surface area (Å²) in [7, 11) is 0. The fraction of sp³-hybridized carbons (Fsp3) is 0.417. The van der Waals surface area contributed by atoms with Crippen LogP contribution in [0.3, 0.4) is 0 Å². The number of hydrogen-bond acceptors (Lipinski definition) is 5. The van der Waals surface area contributed by atoms with E-state index < -0.39 is 24.4 Å². The third kappa shape index (κ3) is 4.65. The lowest BCUT2D eigenvalue weighted by atomic mass is 9.91. The predicted octanol–water partition coefficient (Wildman–Crippen LogP) is 3.78. The standard InChI is InChI=1S/C24H27ClO5/c1-2-29-18-8-5-14(6-9-18)11-17-13-16(7-10-19(17)25)24-23(28)22(27)21(26)20(30-24)12-15-3-4-15/h5-10,12-13,15,21-24,26-28H,2-4,11H2,1H3/t21-,22+,23-,24+/m1/s1. The van der Waals surface area contributed by atoms with Gasteiger partial charge in [0, 0.05) is 5.02 Å². The van der Waals surface area contributed by atoms with Crippen molar-refractivity contribution in [2.75, 3.05) is 6.61 Å². The zero-order valence-electron chi connectivity index (χ0n) is 16.9. The van der Waals surface area contributed by atoms with Crippen LogP contribution in [0.25, 0.3) is 0 Å². The van der Waals surface area contributed by atoms with Gasteiger partial charge in [0.1, 0.15) is 29.8 Å². The highest BCUT2D eigenvalue weighted by Crippen LogP contribution is 2.39. The van der Waals surface area contributed by atoms with E-state index in [0.717, 1.165) is 29.7 Å². The van der Waals surface area contributed by atoms with Gasteiger partial charge in [0.15, 0.2) is 6.10 Å². The lowest BCUT2D eigenvalue weighted by molar-refractivity contribution is -0.157. The summed E-state index contributed by atoms with van der Waals surface area (Å²) in [5.74, 6) is 1.53. The minimum atomic E-state index is -1.31. The lowest BCUT2D eigenvalue weighted by Gasteiger charge is -2.38. The summed E-state index contributed by atoms with van der Waals surface area (Å²) >= 11 is 6.43. The topological polar surface area (TPSA) is 79.2 Å². The number of allylic oxidation sites excluding steroid dienone is 1. The maximum absolute atomic E-state index is 10.6. The van der Waals surface area contributed by atoms with E-state index in [1.807, 2.05) is 43.3 Å². The fourth-order valence-corrected chi connectivity index (χ4v) is 3.90. The van der Waals surface area contributed by atoms with Gasteiger partial charge in [0.2, 0.25) is 0 Å². The van der Waals surface area contributed by atoms with Crippen molar-refractivity contribution in [2.45, 2.75) is 50.6 Å². The Labute approximate surface area is 181 Å². The molecule has 1 aliphatic carbocycles. The molecule has 1 heterocycles. The average Bonchev–Trinajstić information content (AvgIpc) is 3.56. The van der Waals surface area contributed by atoms with Crippen LogP contribution >= 0.6 is 11.6 Å². The van der Waals surface area contributed by atoms with Crippen LogP contribution in [0.5, 0.6) is 5.75 Å². The van der Waals surface area contributed by atoms with E-state index >= 15 is 0 Å². The number of hydrogen-bond donors (Lipinski definition) is 3. The number of ether oxygens (including phenoxy) is 2. The molecule has 160 valence electrons. The fourth-order valence-electron chi connectivity index (χ4n) is 3.72. The Kier molecular flexibility index (Phi) is 6.34. The van der Waals surface area contributed by atoms with Gasteiger partial charge >= 0.3 is 0 Å². The van der Waals surface area contributed by atoms with Gasteiger partial charge in [-0.2, -0.15) is 0 Å². The Morgan fingerprint density at radius 3 is 2.47 bits per heavy atom. The normalized spacial score (nSPS) is 27.7. The van der Waals surface area contributed by atoms with Crippen LogP contribution in [0.2, 0.25) is 5.02 Å². The Hall–Kier alpha value is -2.05. The molecule has 2 aromatic rings. The Balaban J connectivity index is 1.57. The van der Waals surface area contributed by atoms with Crippen LogP contribution < -0.4 is 4.74 Å². The molecule has 0 bridgehead atoms. The van der Waals surface area contributed by atoms with E-state index in [2.05, 4.69) is 0 Å². The first-order chi connectivity index (χ1) is 14.5. The summed E-state index contributed by atoms with van der Waals surface area (Å²) in [5.41, 5.74) is 2.68. The SMILES string of the molecule is CCOc1ccc(Cc2cc([C@@H]3OC(=CC4CC4)[C@@H](O)[C@H](O)[C@H]3O)ccc2Cl)cc1. The molecule has 30 heavy (non-hydrogen) atoms. The van der Waals surface area contributed by atoms with Gasteiger partial charge in [-0.15, -0.1) is 0 Å². The van der Waals surface area contributed by atoms with Crippen LogP contribution in [0.1, 0.15) is 42.6 Å². The van der Waals surface area contributed by atoms with Crippen molar-refractivity contribution in [3.8, 4) is 5.75 Å². The highest BCUT2D eigenvalue weighted by Gasteiger charge is 2.42. The molecule has 4 rings (SSSR count). The molecule has 4 atom stereocenters. The molecule has 2 fully saturated rings. The smallest absolute Gasteiger partial charge is 0.152 e. The Morgan fingerprint density at radius 2 is 1.80 bits per heavy atom. The highest BCUT2D eigenvalue weighted by molar-refractivity contribution is 6.31. The minimum Gasteiger partial charge on any atom is -0.494 e. The number of aliphatic hydroxyl groups excluding tert-OH is 3. The van der Waals surface area contributed by atoms with Crippen LogP contribution in [-0.4, -0.2) is 40.2 Å². The largest absolute Gasteiger partial charge is 0.494 e. The number of aliphatic hydroxyl groups is 3. The molecule has 0 unspecified atom stereocenters. The van der Waals surface area contributed by atoms with Crippen LogP contribution in [-0.2, 0) is 11.2 Å². The van der Waals surface area contributed by atoms with Crippen LogP contribution in [0.4, 0.5) is 0 Å². The predicted molar refractivity (Wildman–Crippen MR) is 115 cm³/mol. The van der Waals surface area contributed by atoms with E-state index in [1.54, 1.807) is 12.1 Å². The maximum Gasteiger partial charge on any atom is 0.152 e. The highest BCUT2D eigenvalue weighted by atomic mass is 35.5. The molecule has 1 aliphatic heterocycles. The molecule has 5 nitrogen and oxygen atoms in total. The number of rotatable bonds is 6. The monoisotopic (exact) mass is 430 g/mol. The molecule has 2 aliphatic rings. The van der Waals surface area contributed by atoms with E-state index in [4.69, 9.17) is 21.1 Å². The van der Waals surface area contributed by atoms with Gasteiger partial charge in [-0.1, -0.05) is 35.9 Å². The summed E-state index contributed by atoms with van der Waals surface area (Å²) in [6, 6.07) is 13.3. The first-order valence-electron chi connectivity index (χ1n) is 10.4. The van der Waals surface area contributed by atoms with Crippen molar-refractivity contribution in [1.29, 1.82) is 0 Å². The van der Waals surface area contributed by atoms with Gasteiger partial charge in [0.05, 0.1) is 6.61 Å². The van der Waals surface area contributed by atoms with Crippen molar-refractivity contribution in [3.63, 3.8) is 0 Å². The molecule has 1 saturated heterocycles. The summed E-state index contributed by atoms with van der Waals surface area (Å²) < 4.78 is 11.4. The molecular formula is C24H27ClO5. The van der Waals surface area contributed by atoms with E-state index in [1.165, 1.54) is 0 Å². The molecule has 0 amide bonds. The van der Waals surface area contributed by atoms with Crippen LogP contribution in [0, 0.1) is 5.92 Å². The Morgan fingerprint density at radius 1 is 1.07 bits per heavy atom. The minimum absolute atomic E-state index is 0.336. The molecule has 6 heteroatoms. The van der Waals surface area contributed by atoms with Crippen molar-refractivity contribution in [1.82, 2.24) is 0 Å². The van der Waals surface area contributed by atoms with Crippen molar-refractivity contribution >= 4 is 11.6 Å². The summed E-state index contributed by atoms with van der Waals surface area (Å²) in [5, 5.41) is 31.8. The first kappa shape index (κ1) is 21.2. The van der Waals surface area contributed by atoms with E-state index in [-0.39, 0.29) is 0 Å². The molecule has 0 spiro atoms. The van der Waals surface area contributed by atoms with Gasteiger partial charge < -0.3 is 24.8 Å². The summed E-state index contributed by atoms with van der Waals surface area (Å²) in [4.78, 5) is 0. The number of halogens is 1. The second-order valence-electron chi connectivity index (χ2n) is 7.98. The lowest BCUT2D eigenvalue weighted by Crippen LogP contribution is -2.48. The summed E-state index contributed by atoms with van der Waals surface area (Å²) in [6.45, 7) is 2.57. The molecule has 0 radical (unpaired) electrons. The van der Waals surface area contributed by atoms with Gasteiger partial charge in [-0.05, 0) is 73.1 Å². The second kappa shape index (κ2) is 8.98. The molecule has 1 saturated carbocycles. The zero-order valence-corrected chi connectivity index (χ0v) is 17.6. The van der Waals surface area contributed by atoms with Gasteiger partial charge in [0.25, 0.3) is 0 Å². The molecular weight excluding hydrogens is 404 g/mol. The van der Waals surface area contributed by atoms with Crippen LogP contribution in [0.15, 0.2) is 54.3 Å². The van der Waals surface area contributed by atoms with E-state index in [0.29, 0.717) is 35.3 Å². The third-order valence-electron chi connectivity index (χ3n) is 5.59. The van der Waals surface area contributed by atoms with Crippen molar-refractivity contribution in [2.24, 2.45) is 5.92 Å². The molecule has 3 N–H and O–H groups in total. The quantitative estimate of drug-likeness (QED) is 0.650. The molecule has 0 aromatic heterocycles. The Bertz CT molecular complexity index is 906. The average molecular weight is 431 g/mol. The first-order valence-corrected chi connectivity index (χ1v) is 10.8. The summed E-state index contributed by atoms with van der Waals surface area (Å²) in [6.07, 6.45) is 0.0418. The third-order valence-corrected chi connectivity index (χ3v) is 5.96. The van der Waals surface area contributed by atoms with Gasteiger partial charge in [-0.25, -0.2) is 0 Å². The maximum atomic E-state index is 10.6. The zero-order chi connectivity index (χ0) is 21.3. The second-order valence-corrected chi connectivity index (χ2v) is 8.38.